The first-order valence-corrected chi connectivity index (χ1v) is 12.7. The summed E-state index contributed by atoms with van der Waals surface area (Å²) in [5.74, 6) is 0.366. The van der Waals surface area contributed by atoms with Crippen molar-refractivity contribution in [3.05, 3.63) is 48.0 Å². The number of amides is 1. The van der Waals surface area contributed by atoms with Crippen molar-refractivity contribution in [2.75, 3.05) is 64.5 Å². The lowest BCUT2D eigenvalue weighted by Crippen LogP contribution is -2.42. The van der Waals surface area contributed by atoms with Crippen molar-refractivity contribution < 1.29 is 27.4 Å². The summed E-state index contributed by atoms with van der Waals surface area (Å²) in [7, 11) is -1.11. The number of morpholine rings is 1. The molecule has 186 valence electrons. The standard InChI is InChI=1S/C24H33N3O6S/c1-19-5-8-21(9-6-19)34(29,30)27(22-17-20(31-2)7-10-23(22)32-3)18-24(28)25-11-4-12-26-13-15-33-16-14-26/h5-10,17H,4,11-16,18H2,1-3H3,(H,25,28). The van der Waals surface area contributed by atoms with Crippen molar-refractivity contribution in [3.63, 3.8) is 0 Å². The normalized spacial score (nSPS) is 14.4. The maximum absolute atomic E-state index is 13.6. The van der Waals surface area contributed by atoms with Crippen LogP contribution in [0.1, 0.15) is 12.0 Å². The van der Waals surface area contributed by atoms with Gasteiger partial charge in [-0.05, 0) is 44.2 Å². The molecule has 0 radical (unpaired) electrons. The van der Waals surface area contributed by atoms with Gasteiger partial charge >= 0.3 is 0 Å². The van der Waals surface area contributed by atoms with Crippen LogP contribution >= 0.6 is 0 Å². The van der Waals surface area contributed by atoms with E-state index in [4.69, 9.17) is 14.2 Å². The highest BCUT2D eigenvalue weighted by Gasteiger charge is 2.30. The van der Waals surface area contributed by atoms with Crippen LogP contribution < -0.4 is 19.1 Å². The molecule has 0 atom stereocenters. The Morgan fingerprint density at radius 3 is 2.44 bits per heavy atom. The molecule has 9 nitrogen and oxygen atoms in total. The van der Waals surface area contributed by atoms with E-state index in [1.165, 1.54) is 26.4 Å². The molecule has 2 aromatic rings. The maximum Gasteiger partial charge on any atom is 0.264 e. The van der Waals surface area contributed by atoms with E-state index in [9.17, 15) is 13.2 Å². The molecule has 1 heterocycles. The first-order chi connectivity index (χ1) is 16.3. The first-order valence-electron chi connectivity index (χ1n) is 11.2. The van der Waals surface area contributed by atoms with Gasteiger partial charge in [0.25, 0.3) is 10.0 Å². The molecule has 0 aliphatic carbocycles. The van der Waals surface area contributed by atoms with Crippen LogP contribution in [0, 0.1) is 6.92 Å². The number of sulfonamides is 1. The fourth-order valence-electron chi connectivity index (χ4n) is 3.67. The SMILES string of the molecule is COc1ccc(OC)c(N(CC(=O)NCCCN2CCOCC2)S(=O)(=O)c2ccc(C)cc2)c1. The van der Waals surface area contributed by atoms with E-state index in [0.29, 0.717) is 18.0 Å². The number of nitrogens with one attached hydrogen (secondary N) is 1. The van der Waals surface area contributed by atoms with Gasteiger partial charge in [0.05, 0.1) is 38.0 Å². The van der Waals surface area contributed by atoms with Crippen LogP contribution in [-0.4, -0.2) is 79.4 Å². The van der Waals surface area contributed by atoms with Gasteiger partial charge < -0.3 is 19.5 Å². The molecule has 1 aliphatic rings. The van der Waals surface area contributed by atoms with Crippen molar-refractivity contribution in [2.45, 2.75) is 18.2 Å². The topological polar surface area (TPSA) is 97.4 Å². The van der Waals surface area contributed by atoms with E-state index in [2.05, 4.69) is 10.2 Å². The fraction of sp³-hybridized carbons (Fsp3) is 0.458. The van der Waals surface area contributed by atoms with Crippen LogP contribution in [0.4, 0.5) is 5.69 Å². The highest BCUT2D eigenvalue weighted by Crippen LogP contribution is 2.35. The van der Waals surface area contributed by atoms with Gasteiger partial charge in [0, 0.05) is 25.7 Å². The summed E-state index contributed by atoms with van der Waals surface area (Å²) in [6, 6.07) is 11.3. The molecule has 0 spiro atoms. The zero-order valence-electron chi connectivity index (χ0n) is 20.0. The number of ether oxygens (including phenoxy) is 3. The highest BCUT2D eigenvalue weighted by molar-refractivity contribution is 7.92. The van der Waals surface area contributed by atoms with Gasteiger partial charge in [-0.15, -0.1) is 0 Å². The molecule has 34 heavy (non-hydrogen) atoms. The number of methoxy groups -OCH3 is 2. The molecule has 0 bridgehead atoms. The van der Waals surface area contributed by atoms with Gasteiger partial charge in [-0.3, -0.25) is 14.0 Å². The number of aryl methyl sites for hydroxylation is 1. The van der Waals surface area contributed by atoms with E-state index < -0.39 is 22.5 Å². The van der Waals surface area contributed by atoms with Gasteiger partial charge in [-0.1, -0.05) is 17.7 Å². The Labute approximate surface area is 201 Å². The molecular formula is C24H33N3O6S. The van der Waals surface area contributed by atoms with Crippen molar-refractivity contribution in [1.29, 1.82) is 0 Å². The Morgan fingerprint density at radius 1 is 1.09 bits per heavy atom. The third-order valence-electron chi connectivity index (χ3n) is 5.63. The van der Waals surface area contributed by atoms with E-state index >= 15 is 0 Å². The molecule has 0 aromatic heterocycles. The molecule has 1 saturated heterocycles. The van der Waals surface area contributed by atoms with Gasteiger partial charge in [0.1, 0.15) is 18.0 Å². The summed E-state index contributed by atoms with van der Waals surface area (Å²) in [6.07, 6.45) is 0.763. The minimum Gasteiger partial charge on any atom is -0.497 e. The first kappa shape index (κ1) is 25.8. The molecule has 1 fully saturated rings. The molecule has 10 heteroatoms. The summed E-state index contributed by atoms with van der Waals surface area (Å²) >= 11 is 0. The van der Waals surface area contributed by atoms with E-state index in [1.54, 1.807) is 30.3 Å². The summed E-state index contributed by atoms with van der Waals surface area (Å²) < 4.78 is 44.3. The lowest BCUT2D eigenvalue weighted by molar-refractivity contribution is -0.119. The second-order valence-electron chi connectivity index (χ2n) is 8.02. The predicted molar refractivity (Wildman–Crippen MR) is 130 cm³/mol. The van der Waals surface area contributed by atoms with Crippen molar-refractivity contribution in [3.8, 4) is 11.5 Å². The van der Waals surface area contributed by atoms with Gasteiger partial charge in [-0.25, -0.2) is 8.42 Å². The van der Waals surface area contributed by atoms with E-state index in [1.807, 2.05) is 6.92 Å². The maximum atomic E-state index is 13.6. The highest BCUT2D eigenvalue weighted by atomic mass is 32.2. The molecule has 1 amide bonds. The van der Waals surface area contributed by atoms with Gasteiger partial charge in [0.2, 0.25) is 5.91 Å². The third-order valence-corrected chi connectivity index (χ3v) is 7.40. The number of rotatable bonds is 11. The Kier molecular flexibility index (Phi) is 9.14. The zero-order valence-corrected chi connectivity index (χ0v) is 20.8. The Balaban J connectivity index is 1.79. The van der Waals surface area contributed by atoms with Crippen LogP contribution in [0.3, 0.4) is 0 Å². The van der Waals surface area contributed by atoms with Crippen molar-refractivity contribution in [2.24, 2.45) is 0 Å². The number of carbonyl (C=O) groups is 1. The molecule has 3 rings (SSSR count). The van der Waals surface area contributed by atoms with Crippen LogP contribution in [0.5, 0.6) is 11.5 Å². The lowest BCUT2D eigenvalue weighted by Gasteiger charge is -2.27. The monoisotopic (exact) mass is 491 g/mol. The van der Waals surface area contributed by atoms with E-state index in [0.717, 1.165) is 49.1 Å². The largest absolute Gasteiger partial charge is 0.497 e. The number of nitrogens with zero attached hydrogens (tertiary/aromatic N) is 2. The van der Waals surface area contributed by atoms with Gasteiger partial charge in [0.15, 0.2) is 0 Å². The molecule has 1 N–H and O–H groups in total. The fourth-order valence-corrected chi connectivity index (χ4v) is 5.09. The van der Waals surface area contributed by atoms with Crippen LogP contribution in [0.25, 0.3) is 0 Å². The Bertz CT molecular complexity index is 1050. The molecule has 0 unspecified atom stereocenters. The number of anilines is 1. The predicted octanol–water partition coefficient (Wildman–Crippen LogP) is 2.05. The second-order valence-corrected chi connectivity index (χ2v) is 9.88. The zero-order chi connectivity index (χ0) is 24.6. The summed E-state index contributed by atoms with van der Waals surface area (Å²) in [6.45, 7) is 5.99. The number of hydrogen-bond acceptors (Lipinski definition) is 7. The minimum atomic E-state index is -4.06. The minimum absolute atomic E-state index is 0.0862. The molecule has 0 saturated carbocycles. The average Bonchev–Trinajstić information content (AvgIpc) is 2.85. The number of benzene rings is 2. The van der Waals surface area contributed by atoms with E-state index in [-0.39, 0.29) is 10.6 Å². The summed E-state index contributed by atoms with van der Waals surface area (Å²) in [4.78, 5) is 15.2. The summed E-state index contributed by atoms with van der Waals surface area (Å²) in [5.41, 5.74) is 1.16. The van der Waals surface area contributed by atoms with Crippen molar-refractivity contribution >= 4 is 21.6 Å². The second kappa shape index (κ2) is 12.0. The average molecular weight is 492 g/mol. The third kappa shape index (κ3) is 6.62. The lowest BCUT2D eigenvalue weighted by atomic mass is 10.2. The Hall–Kier alpha value is -2.82. The Morgan fingerprint density at radius 2 is 1.79 bits per heavy atom. The summed E-state index contributed by atoms with van der Waals surface area (Å²) in [5, 5.41) is 2.85. The van der Waals surface area contributed by atoms with Crippen LogP contribution in [-0.2, 0) is 19.6 Å². The number of carbonyl (C=O) groups excluding carboxylic acids is 1. The molecule has 2 aromatic carbocycles. The van der Waals surface area contributed by atoms with Crippen LogP contribution in [0.15, 0.2) is 47.4 Å². The smallest absolute Gasteiger partial charge is 0.264 e. The quantitative estimate of drug-likeness (QED) is 0.481. The number of hydrogen-bond donors (Lipinski definition) is 1. The van der Waals surface area contributed by atoms with Gasteiger partial charge in [-0.2, -0.15) is 0 Å². The van der Waals surface area contributed by atoms with Crippen molar-refractivity contribution in [1.82, 2.24) is 10.2 Å². The molecule has 1 aliphatic heterocycles. The molecular weight excluding hydrogens is 458 g/mol. The van der Waals surface area contributed by atoms with Crippen LogP contribution in [0.2, 0.25) is 0 Å².